The highest BCUT2D eigenvalue weighted by Gasteiger charge is 2.21. The van der Waals surface area contributed by atoms with E-state index in [2.05, 4.69) is 11.6 Å². The first-order valence-electron chi connectivity index (χ1n) is 6.97. The average molecular weight is 293 g/mol. The second-order valence-electron chi connectivity index (χ2n) is 5.13. The molecule has 21 heavy (non-hydrogen) atoms. The second kappa shape index (κ2) is 6.53. The molecule has 1 fully saturated rings. The highest BCUT2D eigenvalue weighted by atomic mass is 16.4. The molecule has 1 aliphatic heterocycles. The molecule has 0 aliphatic carbocycles. The molecular formula is C14H19N3O4. The van der Waals surface area contributed by atoms with E-state index < -0.39 is 17.2 Å². The number of aromatic nitrogens is 2. The first kappa shape index (κ1) is 15.2. The van der Waals surface area contributed by atoms with Crippen LogP contribution in [0, 0.1) is 0 Å². The Kier molecular flexibility index (Phi) is 4.74. The molecule has 114 valence electrons. The maximum Gasteiger partial charge on any atom is 0.352 e. The maximum absolute atomic E-state index is 12.4. The van der Waals surface area contributed by atoms with Gasteiger partial charge < -0.3 is 10.1 Å². The van der Waals surface area contributed by atoms with Crippen molar-refractivity contribution in [3.63, 3.8) is 0 Å². The van der Waals surface area contributed by atoms with Gasteiger partial charge in [-0.3, -0.25) is 14.3 Å². The van der Waals surface area contributed by atoms with Crippen LogP contribution in [0.3, 0.4) is 0 Å². The summed E-state index contributed by atoms with van der Waals surface area (Å²) in [5, 5.41) is 9.21. The van der Waals surface area contributed by atoms with E-state index in [1.165, 1.54) is 6.08 Å². The highest BCUT2D eigenvalue weighted by molar-refractivity contribution is 5.86. The Bertz CT molecular complexity index is 653. The van der Waals surface area contributed by atoms with Crippen molar-refractivity contribution in [2.75, 3.05) is 13.1 Å². The summed E-state index contributed by atoms with van der Waals surface area (Å²) in [7, 11) is 0. The summed E-state index contributed by atoms with van der Waals surface area (Å²) in [4.78, 5) is 39.8. The summed E-state index contributed by atoms with van der Waals surface area (Å²) in [5.41, 5.74) is -1.46. The normalized spacial score (nSPS) is 15.8. The van der Waals surface area contributed by atoms with Gasteiger partial charge in [0.25, 0.3) is 5.56 Å². The third-order valence-electron chi connectivity index (χ3n) is 3.64. The number of aromatic amines is 1. The van der Waals surface area contributed by atoms with Crippen LogP contribution in [0.5, 0.6) is 0 Å². The molecule has 1 aromatic heterocycles. The average Bonchev–Trinajstić information content (AvgIpc) is 2.47. The molecule has 0 bridgehead atoms. The first-order chi connectivity index (χ1) is 10.0. The fourth-order valence-electron chi connectivity index (χ4n) is 2.58. The number of H-pyrrole nitrogens is 1. The molecule has 2 N–H and O–H groups in total. The number of hydrogen-bond acceptors (Lipinski definition) is 4. The van der Waals surface area contributed by atoms with Crippen molar-refractivity contribution in [2.45, 2.75) is 32.4 Å². The number of allylic oxidation sites excluding steroid dienone is 1. The zero-order valence-electron chi connectivity index (χ0n) is 11.8. The highest BCUT2D eigenvalue weighted by Crippen LogP contribution is 2.12. The molecule has 0 unspecified atom stereocenters. The number of nitrogens with zero attached hydrogens (tertiary/aromatic N) is 2. The van der Waals surface area contributed by atoms with E-state index in [9.17, 15) is 19.5 Å². The molecule has 1 aromatic rings. The van der Waals surface area contributed by atoms with E-state index in [1.807, 2.05) is 4.90 Å². The number of carboxylic acid groups (broad SMARTS) is 1. The Morgan fingerprint density at radius 3 is 2.52 bits per heavy atom. The van der Waals surface area contributed by atoms with Gasteiger partial charge in [0.1, 0.15) is 5.69 Å². The molecular weight excluding hydrogens is 274 g/mol. The fourth-order valence-corrected chi connectivity index (χ4v) is 2.58. The van der Waals surface area contributed by atoms with Crippen molar-refractivity contribution in [3.05, 3.63) is 44.8 Å². The van der Waals surface area contributed by atoms with Gasteiger partial charge in [-0.1, -0.05) is 12.5 Å². The number of likely N-dealkylation sites (tertiary alicyclic amines) is 1. The number of nitrogens with one attached hydrogen (secondary N) is 1. The number of aromatic carboxylic acids is 1. The number of rotatable bonds is 5. The van der Waals surface area contributed by atoms with Crippen molar-refractivity contribution in [1.82, 2.24) is 14.5 Å². The Morgan fingerprint density at radius 2 is 1.95 bits per heavy atom. The van der Waals surface area contributed by atoms with Crippen LogP contribution in [0.25, 0.3) is 0 Å². The summed E-state index contributed by atoms with van der Waals surface area (Å²) in [5.74, 6) is -1.29. The van der Waals surface area contributed by atoms with Crippen molar-refractivity contribution in [3.8, 4) is 0 Å². The van der Waals surface area contributed by atoms with Crippen LogP contribution in [-0.4, -0.2) is 38.6 Å². The lowest BCUT2D eigenvalue weighted by atomic mass is 10.1. The van der Waals surface area contributed by atoms with Gasteiger partial charge in [0.05, 0.1) is 5.56 Å². The molecule has 0 saturated carbocycles. The van der Waals surface area contributed by atoms with Crippen molar-refractivity contribution < 1.29 is 9.90 Å². The molecule has 0 atom stereocenters. The SMILES string of the molecule is C=CCn1c(=O)[nH]c(C(=O)O)c(CN2CCCCC2)c1=O. The Hall–Kier alpha value is -2.15. The Balaban J connectivity index is 2.47. The van der Waals surface area contributed by atoms with Gasteiger partial charge in [-0.05, 0) is 25.9 Å². The Labute approximate surface area is 121 Å². The minimum atomic E-state index is -1.29. The van der Waals surface area contributed by atoms with Gasteiger partial charge in [-0.15, -0.1) is 6.58 Å². The standard InChI is InChI=1S/C14H19N3O4/c1-2-6-17-12(18)10(9-16-7-4-3-5-8-16)11(13(19)20)15-14(17)21/h2H,1,3-9H2,(H,15,21)(H,19,20). The monoisotopic (exact) mass is 293 g/mol. The summed E-state index contributed by atoms with van der Waals surface area (Å²) >= 11 is 0. The lowest BCUT2D eigenvalue weighted by Gasteiger charge is -2.26. The molecule has 7 nitrogen and oxygen atoms in total. The number of hydrogen-bond donors (Lipinski definition) is 2. The van der Waals surface area contributed by atoms with E-state index in [-0.39, 0.29) is 24.3 Å². The van der Waals surface area contributed by atoms with E-state index >= 15 is 0 Å². The summed E-state index contributed by atoms with van der Waals surface area (Å²) in [6.45, 7) is 5.47. The van der Waals surface area contributed by atoms with E-state index in [1.54, 1.807) is 0 Å². The number of piperidine rings is 1. The van der Waals surface area contributed by atoms with Crippen LogP contribution in [0.15, 0.2) is 22.2 Å². The molecule has 2 heterocycles. The van der Waals surface area contributed by atoms with Gasteiger partial charge >= 0.3 is 11.7 Å². The van der Waals surface area contributed by atoms with Crippen LogP contribution >= 0.6 is 0 Å². The van der Waals surface area contributed by atoms with Crippen LogP contribution < -0.4 is 11.2 Å². The number of carbonyl (C=O) groups is 1. The van der Waals surface area contributed by atoms with Crippen LogP contribution in [-0.2, 0) is 13.1 Å². The van der Waals surface area contributed by atoms with Crippen LogP contribution in [0.1, 0.15) is 35.3 Å². The number of carboxylic acids is 1. The molecule has 2 rings (SSSR count). The summed E-state index contributed by atoms with van der Waals surface area (Å²) in [6.07, 6.45) is 4.65. The zero-order chi connectivity index (χ0) is 15.4. The van der Waals surface area contributed by atoms with Crippen LogP contribution in [0.4, 0.5) is 0 Å². The van der Waals surface area contributed by atoms with E-state index in [4.69, 9.17) is 0 Å². The van der Waals surface area contributed by atoms with E-state index in [0.29, 0.717) is 0 Å². The fraction of sp³-hybridized carbons (Fsp3) is 0.500. The van der Waals surface area contributed by atoms with Crippen molar-refractivity contribution >= 4 is 5.97 Å². The predicted octanol–water partition coefficient (Wildman–Crippen LogP) is 0.407. The van der Waals surface area contributed by atoms with Gasteiger partial charge in [-0.2, -0.15) is 0 Å². The quantitative estimate of drug-likeness (QED) is 0.766. The van der Waals surface area contributed by atoms with Gasteiger partial charge in [0, 0.05) is 13.1 Å². The van der Waals surface area contributed by atoms with Crippen LogP contribution in [0.2, 0.25) is 0 Å². The third-order valence-corrected chi connectivity index (χ3v) is 3.64. The lowest BCUT2D eigenvalue weighted by molar-refractivity contribution is 0.0686. The smallest absolute Gasteiger partial charge is 0.352 e. The van der Waals surface area contributed by atoms with E-state index in [0.717, 1.165) is 36.9 Å². The minimum Gasteiger partial charge on any atom is -0.477 e. The molecule has 0 radical (unpaired) electrons. The van der Waals surface area contributed by atoms with Crippen molar-refractivity contribution in [2.24, 2.45) is 0 Å². The Morgan fingerprint density at radius 1 is 1.29 bits per heavy atom. The minimum absolute atomic E-state index is 0.0566. The topological polar surface area (TPSA) is 95.4 Å². The molecule has 0 amide bonds. The molecule has 7 heteroatoms. The van der Waals surface area contributed by atoms with Crippen molar-refractivity contribution in [1.29, 1.82) is 0 Å². The van der Waals surface area contributed by atoms with Gasteiger partial charge in [0.15, 0.2) is 0 Å². The summed E-state index contributed by atoms with van der Waals surface area (Å²) < 4.78 is 0.971. The largest absolute Gasteiger partial charge is 0.477 e. The zero-order valence-corrected chi connectivity index (χ0v) is 11.8. The second-order valence-corrected chi connectivity index (χ2v) is 5.13. The van der Waals surface area contributed by atoms with Gasteiger partial charge in [0.2, 0.25) is 0 Å². The molecule has 0 aromatic carbocycles. The third kappa shape index (κ3) is 3.30. The first-order valence-corrected chi connectivity index (χ1v) is 6.97. The maximum atomic E-state index is 12.4. The molecule has 0 spiro atoms. The summed E-state index contributed by atoms with van der Waals surface area (Å²) in [6, 6.07) is 0. The molecule has 1 aliphatic rings. The predicted molar refractivity (Wildman–Crippen MR) is 77.6 cm³/mol. The lowest BCUT2D eigenvalue weighted by Crippen LogP contribution is -2.42. The molecule has 1 saturated heterocycles. The van der Waals surface area contributed by atoms with Gasteiger partial charge in [-0.25, -0.2) is 9.59 Å².